The highest BCUT2D eigenvalue weighted by Crippen LogP contribution is 2.48. The number of nitrogens with one attached hydrogen (secondary N) is 1. The van der Waals surface area contributed by atoms with Crippen LogP contribution in [0.5, 0.6) is 0 Å². The number of rotatable bonds is 3. The zero-order valence-corrected chi connectivity index (χ0v) is 14.7. The first-order valence-corrected chi connectivity index (χ1v) is 9.38. The smallest absolute Gasteiger partial charge is 0.0527 e. The van der Waals surface area contributed by atoms with Crippen LogP contribution in [-0.2, 0) is 0 Å². The van der Waals surface area contributed by atoms with Crippen molar-refractivity contribution in [3.05, 3.63) is 95.0 Å². The summed E-state index contributed by atoms with van der Waals surface area (Å²) in [5, 5.41) is 4.86. The van der Waals surface area contributed by atoms with Crippen molar-refractivity contribution in [2.45, 2.75) is 22.6 Å². The van der Waals surface area contributed by atoms with E-state index < -0.39 is 0 Å². The Morgan fingerprint density at radius 3 is 2.33 bits per heavy atom. The zero-order valence-electron chi connectivity index (χ0n) is 13.2. The molecular formula is C21H18ClNS. The van der Waals surface area contributed by atoms with E-state index in [0.29, 0.717) is 11.3 Å². The number of thioether (sulfide) groups is 1. The molecule has 1 aliphatic rings. The largest absolute Gasteiger partial charge is 0.378 e. The molecule has 0 amide bonds. The van der Waals surface area contributed by atoms with Gasteiger partial charge in [0, 0.05) is 20.9 Å². The second-order valence-electron chi connectivity index (χ2n) is 5.99. The van der Waals surface area contributed by atoms with Gasteiger partial charge in [0.2, 0.25) is 0 Å². The number of hydrogen-bond acceptors (Lipinski definition) is 2. The summed E-state index contributed by atoms with van der Waals surface area (Å²) in [6.07, 6.45) is 1.04. The predicted molar refractivity (Wildman–Crippen MR) is 104 cm³/mol. The van der Waals surface area contributed by atoms with E-state index in [9.17, 15) is 0 Å². The van der Waals surface area contributed by atoms with Gasteiger partial charge in [-0.25, -0.2) is 0 Å². The van der Waals surface area contributed by atoms with Gasteiger partial charge in [-0.15, -0.1) is 11.8 Å². The second-order valence-corrected chi connectivity index (χ2v) is 7.71. The molecule has 120 valence electrons. The van der Waals surface area contributed by atoms with Crippen molar-refractivity contribution in [1.82, 2.24) is 0 Å². The van der Waals surface area contributed by atoms with E-state index in [-0.39, 0.29) is 0 Å². The molecule has 1 N–H and O–H groups in total. The van der Waals surface area contributed by atoms with Crippen LogP contribution in [0.25, 0.3) is 0 Å². The van der Waals surface area contributed by atoms with Crippen LogP contribution in [0.1, 0.15) is 28.8 Å². The van der Waals surface area contributed by atoms with Gasteiger partial charge in [-0.1, -0.05) is 60.1 Å². The quantitative estimate of drug-likeness (QED) is 0.561. The third kappa shape index (κ3) is 3.31. The average Bonchev–Trinajstić information content (AvgIpc) is 2.63. The van der Waals surface area contributed by atoms with Gasteiger partial charge in [-0.05, 0) is 47.9 Å². The summed E-state index contributed by atoms with van der Waals surface area (Å²) >= 11 is 8.18. The van der Waals surface area contributed by atoms with Gasteiger partial charge < -0.3 is 5.32 Å². The standard InChI is InChI=1S/C21H18ClNS/c22-16-11-12-19-18(13-16)21(24-17-9-5-2-6-10-17)14-20(23-19)15-7-3-1-4-8-15/h1-13,20-21,23H,14H2/t20-,21?/m1/s1. The Morgan fingerprint density at radius 2 is 1.58 bits per heavy atom. The molecule has 24 heavy (non-hydrogen) atoms. The fraction of sp³-hybridized carbons (Fsp3) is 0.143. The van der Waals surface area contributed by atoms with Crippen LogP contribution < -0.4 is 5.32 Å². The van der Waals surface area contributed by atoms with Gasteiger partial charge in [0.15, 0.2) is 0 Å². The predicted octanol–water partition coefficient (Wildman–Crippen LogP) is 6.73. The molecule has 4 rings (SSSR count). The van der Waals surface area contributed by atoms with E-state index in [1.54, 1.807) is 0 Å². The maximum Gasteiger partial charge on any atom is 0.0527 e. The highest BCUT2D eigenvalue weighted by molar-refractivity contribution is 7.99. The Bertz CT molecular complexity index is 820. The molecule has 1 nitrogen and oxygen atoms in total. The lowest BCUT2D eigenvalue weighted by molar-refractivity contribution is 0.657. The van der Waals surface area contributed by atoms with Crippen molar-refractivity contribution in [3.63, 3.8) is 0 Å². The Kier molecular flexibility index (Phi) is 4.50. The molecule has 2 atom stereocenters. The molecule has 0 saturated heterocycles. The van der Waals surface area contributed by atoms with Crippen molar-refractivity contribution < 1.29 is 0 Å². The number of halogens is 1. The maximum absolute atomic E-state index is 6.26. The van der Waals surface area contributed by atoms with Gasteiger partial charge in [0.05, 0.1) is 6.04 Å². The second kappa shape index (κ2) is 6.92. The lowest BCUT2D eigenvalue weighted by Gasteiger charge is -2.33. The Morgan fingerprint density at radius 1 is 0.875 bits per heavy atom. The van der Waals surface area contributed by atoms with Crippen LogP contribution in [0.4, 0.5) is 5.69 Å². The summed E-state index contributed by atoms with van der Waals surface area (Å²) in [4.78, 5) is 1.29. The zero-order chi connectivity index (χ0) is 16.4. The molecular weight excluding hydrogens is 334 g/mol. The number of fused-ring (bicyclic) bond motifs is 1. The number of anilines is 1. The Hall–Kier alpha value is -1.90. The Labute approximate surface area is 152 Å². The highest BCUT2D eigenvalue weighted by atomic mass is 35.5. The summed E-state index contributed by atoms with van der Waals surface area (Å²) in [6, 6.07) is 27.8. The normalized spacial score (nSPS) is 19.4. The summed E-state index contributed by atoms with van der Waals surface area (Å²) in [5.41, 5.74) is 3.81. The van der Waals surface area contributed by atoms with Crippen LogP contribution in [0.2, 0.25) is 5.02 Å². The van der Waals surface area contributed by atoms with E-state index in [1.165, 1.54) is 21.7 Å². The molecule has 0 saturated carbocycles. The minimum Gasteiger partial charge on any atom is -0.378 e. The fourth-order valence-electron chi connectivity index (χ4n) is 3.20. The van der Waals surface area contributed by atoms with Gasteiger partial charge in [0.1, 0.15) is 0 Å². The van der Waals surface area contributed by atoms with E-state index in [4.69, 9.17) is 11.6 Å². The molecule has 0 aromatic heterocycles. The number of benzene rings is 3. The topological polar surface area (TPSA) is 12.0 Å². The van der Waals surface area contributed by atoms with Crippen LogP contribution in [0, 0.1) is 0 Å². The molecule has 0 bridgehead atoms. The van der Waals surface area contributed by atoms with Gasteiger partial charge in [-0.2, -0.15) is 0 Å². The lowest BCUT2D eigenvalue weighted by Crippen LogP contribution is -2.20. The maximum atomic E-state index is 6.26. The van der Waals surface area contributed by atoms with Crippen molar-refractivity contribution in [2.75, 3.05) is 5.32 Å². The highest BCUT2D eigenvalue weighted by Gasteiger charge is 2.28. The minimum atomic E-state index is 0.320. The lowest BCUT2D eigenvalue weighted by atomic mass is 9.93. The van der Waals surface area contributed by atoms with Gasteiger partial charge >= 0.3 is 0 Å². The number of hydrogen-bond donors (Lipinski definition) is 1. The van der Waals surface area contributed by atoms with Crippen molar-refractivity contribution >= 4 is 29.1 Å². The van der Waals surface area contributed by atoms with Crippen LogP contribution >= 0.6 is 23.4 Å². The minimum absolute atomic E-state index is 0.320. The van der Waals surface area contributed by atoms with E-state index >= 15 is 0 Å². The molecule has 3 aromatic carbocycles. The monoisotopic (exact) mass is 351 g/mol. The van der Waals surface area contributed by atoms with Gasteiger partial charge in [0.25, 0.3) is 0 Å². The molecule has 3 heteroatoms. The Balaban J connectivity index is 1.69. The molecule has 1 unspecified atom stereocenters. The molecule has 3 aromatic rings. The van der Waals surface area contributed by atoms with E-state index in [0.717, 1.165) is 11.4 Å². The van der Waals surface area contributed by atoms with E-state index in [1.807, 2.05) is 17.8 Å². The third-order valence-electron chi connectivity index (χ3n) is 4.36. The third-order valence-corrected chi connectivity index (χ3v) is 5.87. The SMILES string of the molecule is Clc1ccc2c(c1)C(Sc1ccccc1)C[C@H](c1ccccc1)N2. The molecule has 0 spiro atoms. The summed E-state index contributed by atoms with van der Waals surface area (Å²) in [5.74, 6) is 0. The van der Waals surface area contributed by atoms with Gasteiger partial charge in [-0.3, -0.25) is 0 Å². The summed E-state index contributed by atoms with van der Waals surface area (Å²) in [6.45, 7) is 0. The molecule has 0 radical (unpaired) electrons. The molecule has 0 aliphatic carbocycles. The van der Waals surface area contributed by atoms with Crippen molar-refractivity contribution in [1.29, 1.82) is 0 Å². The van der Waals surface area contributed by atoms with Crippen LogP contribution in [-0.4, -0.2) is 0 Å². The molecule has 1 aliphatic heterocycles. The average molecular weight is 352 g/mol. The first-order valence-electron chi connectivity index (χ1n) is 8.12. The van der Waals surface area contributed by atoms with Crippen LogP contribution in [0.15, 0.2) is 83.8 Å². The van der Waals surface area contributed by atoms with Crippen molar-refractivity contribution in [2.24, 2.45) is 0 Å². The fourth-order valence-corrected chi connectivity index (χ4v) is 4.63. The van der Waals surface area contributed by atoms with E-state index in [2.05, 4.69) is 78.1 Å². The summed E-state index contributed by atoms with van der Waals surface area (Å²) < 4.78 is 0. The van der Waals surface area contributed by atoms with Crippen LogP contribution in [0.3, 0.4) is 0 Å². The molecule has 0 fully saturated rings. The first-order chi connectivity index (χ1) is 11.8. The summed E-state index contributed by atoms with van der Waals surface area (Å²) in [7, 11) is 0. The molecule has 1 heterocycles. The van der Waals surface area contributed by atoms with Crippen molar-refractivity contribution in [3.8, 4) is 0 Å². The first kappa shape index (κ1) is 15.6.